The third-order valence-corrected chi connectivity index (χ3v) is 7.19. The monoisotopic (exact) mass is 507 g/mol. The summed E-state index contributed by atoms with van der Waals surface area (Å²) in [4.78, 5) is 24.6. The average Bonchev–Trinajstić information content (AvgIpc) is 2.81. The molecule has 3 aliphatic heterocycles. The lowest BCUT2D eigenvalue weighted by Crippen LogP contribution is -2.61. The fraction of sp³-hybridized carbons (Fsp3) is 0.542. The first-order chi connectivity index (χ1) is 16.4. The number of carbonyl (C=O) groups is 1. The lowest BCUT2D eigenvalue weighted by molar-refractivity contribution is -0.0277. The number of piperidine rings is 1. The van der Waals surface area contributed by atoms with Gasteiger partial charge >= 0.3 is 5.97 Å². The highest BCUT2D eigenvalue weighted by Crippen LogP contribution is 2.45. The van der Waals surface area contributed by atoms with Gasteiger partial charge in [-0.1, -0.05) is 0 Å². The van der Waals surface area contributed by atoms with E-state index in [-0.39, 0.29) is 41.3 Å². The molecule has 2 aromatic rings. The standard InChI is InChI=1S/C24H30FN5O4.ClH/c25-16-1-4-20(19(9-16)23(31)32)34-21-10-27-15-28-22(21)30-13-24(14-30)5-7-29(8-6-24)11-18-3-2-17(26)12-33-18;/h1,4,9-10,15,17-18H,2-3,5-8,11-14,26H2,(H,31,32);1H/t17-,18+;/m1./s1. The van der Waals surface area contributed by atoms with Crippen LogP contribution >= 0.6 is 12.4 Å². The minimum atomic E-state index is -1.26. The fourth-order valence-corrected chi connectivity index (χ4v) is 5.19. The summed E-state index contributed by atoms with van der Waals surface area (Å²) in [6, 6.07) is 3.60. The first-order valence-corrected chi connectivity index (χ1v) is 11.8. The van der Waals surface area contributed by atoms with Gasteiger partial charge in [0.2, 0.25) is 0 Å². The second-order valence-corrected chi connectivity index (χ2v) is 9.71. The predicted molar refractivity (Wildman–Crippen MR) is 130 cm³/mol. The van der Waals surface area contributed by atoms with E-state index in [2.05, 4.69) is 19.8 Å². The highest BCUT2D eigenvalue weighted by atomic mass is 35.5. The van der Waals surface area contributed by atoms with Crippen molar-refractivity contribution in [1.29, 1.82) is 0 Å². The minimum absolute atomic E-state index is 0. The number of nitrogens with two attached hydrogens (primary N) is 1. The van der Waals surface area contributed by atoms with Crippen LogP contribution in [0.4, 0.5) is 10.2 Å². The third-order valence-electron chi connectivity index (χ3n) is 7.19. The molecule has 5 rings (SSSR count). The van der Waals surface area contributed by atoms with Gasteiger partial charge in [-0.2, -0.15) is 0 Å². The molecule has 0 bridgehead atoms. The molecule has 35 heavy (non-hydrogen) atoms. The Morgan fingerprint density at radius 2 is 2.03 bits per heavy atom. The molecule has 3 N–H and O–H groups in total. The van der Waals surface area contributed by atoms with E-state index < -0.39 is 11.8 Å². The van der Waals surface area contributed by atoms with E-state index in [1.807, 2.05) is 0 Å². The number of benzene rings is 1. The Hall–Kier alpha value is -2.53. The summed E-state index contributed by atoms with van der Waals surface area (Å²) in [5.41, 5.74) is 5.93. The first kappa shape index (κ1) is 25.6. The van der Waals surface area contributed by atoms with E-state index in [0.29, 0.717) is 18.2 Å². The number of hydrogen-bond donors (Lipinski definition) is 2. The van der Waals surface area contributed by atoms with Crippen LogP contribution in [-0.4, -0.2) is 77.4 Å². The highest BCUT2D eigenvalue weighted by Gasteiger charge is 2.46. The van der Waals surface area contributed by atoms with Crippen molar-refractivity contribution >= 4 is 24.2 Å². The summed E-state index contributed by atoms with van der Waals surface area (Å²) < 4.78 is 25.3. The van der Waals surface area contributed by atoms with Gasteiger partial charge in [-0.05, 0) is 57.0 Å². The molecule has 190 valence electrons. The molecule has 2 atom stereocenters. The van der Waals surface area contributed by atoms with E-state index in [0.717, 1.165) is 64.5 Å². The summed E-state index contributed by atoms with van der Waals surface area (Å²) in [6.07, 6.45) is 7.54. The summed E-state index contributed by atoms with van der Waals surface area (Å²) in [5.74, 6) is -0.862. The molecule has 1 spiro atoms. The van der Waals surface area contributed by atoms with Crippen molar-refractivity contribution in [3.05, 3.63) is 42.1 Å². The van der Waals surface area contributed by atoms with Gasteiger partial charge < -0.3 is 30.1 Å². The minimum Gasteiger partial charge on any atom is -0.478 e. The van der Waals surface area contributed by atoms with Crippen LogP contribution in [-0.2, 0) is 4.74 Å². The lowest BCUT2D eigenvalue weighted by atomic mass is 9.72. The van der Waals surface area contributed by atoms with Crippen molar-refractivity contribution in [3.63, 3.8) is 0 Å². The molecular formula is C24H31ClFN5O4. The molecule has 1 aromatic heterocycles. The molecule has 4 heterocycles. The number of carboxylic acid groups (broad SMARTS) is 1. The van der Waals surface area contributed by atoms with E-state index in [1.165, 1.54) is 24.7 Å². The summed E-state index contributed by atoms with van der Waals surface area (Å²) >= 11 is 0. The van der Waals surface area contributed by atoms with Crippen LogP contribution in [0.1, 0.15) is 36.0 Å². The van der Waals surface area contributed by atoms with Crippen LogP contribution in [0.25, 0.3) is 0 Å². The zero-order valence-corrected chi connectivity index (χ0v) is 20.3. The second kappa shape index (κ2) is 10.6. The molecule has 3 saturated heterocycles. The van der Waals surface area contributed by atoms with Gasteiger partial charge in [-0.3, -0.25) is 0 Å². The molecule has 0 unspecified atom stereocenters. The molecular weight excluding hydrogens is 477 g/mol. The number of hydrogen-bond acceptors (Lipinski definition) is 8. The number of likely N-dealkylation sites (tertiary alicyclic amines) is 1. The smallest absolute Gasteiger partial charge is 0.339 e. The number of ether oxygens (including phenoxy) is 2. The Kier molecular flexibility index (Phi) is 7.75. The molecule has 1 aromatic carbocycles. The van der Waals surface area contributed by atoms with Crippen LogP contribution < -0.4 is 15.4 Å². The van der Waals surface area contributed by atoms with Crippen molar-refractivity contribution in [2.45, 2.75) is 37.8 Å². The Morgan fingerprint density at radius 1 is 1.26 bits per heavy atom. The largest absolute Gasteiger partial charge is 0.478 e. The SMILES string of the molecule is Cl.N[C@@H]1CC[C@@H](CN2CCC3(CC2)CN(c2ncncc2Oc2ccc(F)cc2C(=O)O)C3)OC1. The third kappa shape index (κ3) is 5.66. The molecule has 9 nitrogen and oxygen atoms in total. The van der Waals surface area contributed by atoms with Gasteiger partial charge in [-0.15, -0.1) is 12.4 Å². The van der Waals surface area contributed by atoms with E-state index >= 15 is 0 Å². The van der Waals surface area contributed by atoms with Crippen molar-refractivity contribution in [1.82, 2.24) is 14.9 Å². The van der Waals surface area contributed by atoms with Gasteiger partial charge in [0.25, 0.3) is 0 Å². The number of nitrogens with zero attached hydrogens (tertiary/aromatic N) is 4. The van der Waals surface area contributed by atoms with Gasteiger partial charge in [0.1, 0.15) is 23.5 Å². The first-order valence-electron chi connectivity index (χ1n) is 11.8. The van der Waals surface area contributed by atoms with Crippen LogP contribution in [0.15, 0.2) is 30.7 Å². The molecule has 0 radical (unpaired) electrons. The summed E-state index contributed by atoms with van der Waals surface area (Å²) in [5, 5.41) is 9.40. The number of aromatic nitrogens is 2. The number of anilines is 1. The van der Waals surface area contributed by atoms with Crippen LogP contribution in [0.3, 0.4) is 0 Å². The Morgan fingerprint density at radius 3 is 2.71 bits per heavy atom. The normalized spacial score (nSPS) is 23.9. The van der Waals surface area contributed by atoms with Crippen LogP contribution in [0, 0.1) is 11.2 Å². The molecule has 0 amide bonds. The maximum atomic E-state index is 13.5. The Balaban J connectivity index is 0.00000289. The Labute approximate surface area is 209 Å². The van der Waals surface area contributed by atoms with Crippen LogP contribution in [0.2, 0.25) is 0 Å². The molecule has 3 fully saturated rings. The van der Waals surface area contributed by atoms with Crippen molar-refractivity contribution in [3.8, 4) is 11.5 Å². The zero-order valence-electron chi connectivity index (χ0n) is 19.4. The number of rotatable bonds is 6. The van der Waals surface area contributed by atoms with Gasteiger partial charge in [0.05, 0.1) is 18.9 Å². The lowest BCUT2D eigenvalue weighted by Gasteiger charge is -2.54. The number of aromatic carboxylic acids is 1. The molecule has 3 aliphatic rings. The van der Waals surface area contributed by atoms with Crippen molar-refractivity contribution < 1.29 is 23.8 Å². The van der Waals surface area contributed by atoms with Crippen molar-refractivity contribution in [2.24, 2.45) is 11.1 Å². The van der Waals surface area contributed by atoms with Crippen molar-refractivity contribution in [2.75, 3.05) is 44.2 Å². The van der Waals surface area contributed by atoms with Gasteiger partial charge in [0, 0.05) is 31.1 Å². The topological polar surface area (TPSA) is 114 Å². The maximum absolute atomic E-state index is 13.5. The second-order valence-electron chi connectivity index (χ2n) is 9.71. The van der Waals surface area contributed by atoms with E-state index in [9.17, 15) is 14.3 Å². The summed E-state index contributed by atoms with van der Waals surface area (Å²) in [6.45, 7) is 5.44. The fourth-order valence-electron chi connectivity index (χ4n) is 5.19. The number of carboxylic acids is 1. The average molecular weight is 508 g/mol. The van der Waals surface area contributed by atoms with E-state index in [4.69, 9.17) is 15.2 Å². The Bertz CT molecular complexity index is 1040. The van der Waals surface area contributed by atoms with Crippen LogP contribution in [0.5, 0.6) is 11.5 Å². The molecule has 0 aliphatic carbocycles. The van der Waals surface area contributed by atoms with Gasteiger partial charge in [-0.25, -0.2) is 19.2 Å². The van der Waals surface area contributed by atoms with E-state index in [1.54, 1.807) is 0 Å². The highest BCUT2D eigenvalue weighted by molar-refractivity contribution is 5.91. The summed E-state index contributed by atoms with van der Waals surface area (Å²) in [7, 11) is 0. The molecule has 0 saturated carbocycles. The maximum Gasteiger partial charge on any atom is 0.339 e. The predicted octanol–water partition coefficient (Wildman–Crippen LogP) is 2.94. The molecule has 11 heteroatoms. The zero-order chi connectivity index (χ0) is 23.7. The quantitative estimate of drug-likeness (QED) is 0.609. The number of halogens is 2. The van der Waals surface area contributed by atoms with Gasteiger partial charge in [0.15, 0.2) is 11.6 Å².